The maximum Gasteiger partial charge on any atom is 0.337 e. The average Bonchev–Trinajstić information content (AvgIpc) is 2.44. The van der Waals surface area contributed by atoms with E-state index in [1.54, 1.807) is 14.0 Å². The summed E-state index contributed by atoms with van der Waals surface area (Å²) in [6.07, 6.45) is 0. The summed E-state index contributed by atoms with van der Waals surface area (Å²) in [6.45, 7) is 1.67. The van der Waals surface area contributed by atoms with Crippen LogP contribution in [-0.4, -0.2) is 31.1 Å². The molecule has 1 aliphatic rings. The maximum absolute atomic E-state index is 13.0. The van der Waals surface area contributed by atoms with Crippen molar-refractivity contribution in [3.8, 4) is 0 Å². The SMILES string of the molecule is COC(=O)C1=C(C)N(C)C(=O)N[C@H]1c1ccc(F)cc1. The van der Waals surface area contributed by atoms with Crippen molar-refractivity contribution >= 4 is 12.0 Å². The first-order valence-electron chi connectivity index (χ1n) is 6.04. The second-order valence-electron chi connectivity index (χ2n) is 4.48. The Hall–Kier alpha value is -2.37. The number of carbonyl (C=O) groups excluding carboxylic acids is 2. The lowest BCUT2D eigenvalue weighted by molar-refractivity contribution is -0.136. The Labute approximate surface area is 116 Å². The molecule has 0 fully saturated rings. The molecule has 20 heavy (non-hydrogen) atoms. The number of halogens is 1. The van der Waals surface area contributed by atoms with E-state index in [0.29, 0.717) is 16.8 Å². The number of benzene rings is 1. The van der Waals surface area contributed by atoms with Gasteiger partial charge in [-0.15, -0.1) is 0 Å². The van der Waals surface area contributed by atoms with E-state index in [9.17, 15) is 14.0 Å². The van der Waals surface area contributed by atoms with E-state index in [0.717, 1.165) is 0 Å². The van der Waals surface area contributed by atoms with Gasteiger partial charge in [0, 0.05) is 12.7 Å². The maximum atomic E-state index is 13.0. The number of nitrogens with zero attached hydrogens (tertiary/aromatic N) is 1. The van der Waals surface area contributed by atoms with Crippen LogP contribution in [0.1, 0.15) is 18.5 Å². The number of amides is 2. The molecule has 0 saturated carbocycles. The van der Waals surface area contributed by atoms with Crippen LogP contribution in [0.25, 0.3) is 0 Å². The number of allylic oxidation sites excluding steroid dienone is 1. The summed E-state index contributed by atoms with van der Waals surface area (Å²) >= 11 is 0. The van der Waals surface area contributed by atoms with Gasteiger partial charge >= 0.3 is 12.0 Å². The third-order valence-corrected chi connectivity index (χ3v) is 3.36. The van der Waals surface area contributed by atoms with Crippen LogP contribution in [-0.2, 0) is 9.53 Å². The average molecular weight is 278 g/mol. The van der Waals surface area contributed by atoms with Crippen LogP contribution in [0.4, 0.5) is 9.18 Å². The molecule has 0 saturated heterocycles. The molecule has 2 amide bonds. The van der Waals surface area contributed by atoms with Crippen molar-refractivity contribution in [1.82, 2.24) is 10.2 Å². The zero-order chi connectivity index (χ0) is 14.9. The lowest BCUT2D eigenvalue weighted by atomic mass is 9.95. The van der Waals surface area contributed by atoms with Gasteiger partial charge in [0.2, 0.25) is 0 Å². The van der Waals surface area contributed by atoms with Crippen LogP contribution in [0.2, 0.25) is 0 Å². The van der Waals surface area contributed by atoms with E-state index in [1.165, 1.54) is 36.3 Å². The van der Waals surface area contributed by atoms with Gasteiger partial charge in [0.15, 0.2) is 0 Å². The topological polar surface area (TPSA) is 58.6 Å². The van der Waals surface area contributed by atoms with Crippen molar-refractivity contribution < 1.29 is 18.7 Å². The van der Waals surface area contributed by atoms with E-state index < -0.39 is 12.0 Å². The largest absolute Gasteiger partial charge is 0.466 e. The molecule has 1 aromatic rings. The van der Waals surface area contributed by atoms with Gasteiger partial charge in [-0.2, -0.15) is 0 Å². The second-order valence-corrected chi connectivity index (χ2v) is 4.48. The molecular formula is C14H15FN2O3. The Morgan fingerprint density at radius 1 is 1.35 bits per heavy atom. The number of hydrogen-bond acceptors (Lipinski definition) is 3. The number of carbonyl (C=O) groups is 2. The van der Waals surface area contributed by atoms with Gasteiger partial charge in [-0.05, 0) is 24.6 Å². The summed E-state index contributed by atoms with van der Waals surface area (Å²) < 4.78 is 17.8. The number of rotatable bonds is 2. The highest BCUT2D eigenvalue weighted by molar-refractivity contribution is 5.94. The molecule has 1 heterocycles. The Kier molecular flexibility index (Phi) is 3.74. The third kappa shape index (κ3) is 2.36. The van der Waals surface area contributed by atoms with Crippen molar-refractivity contribution in [3.63, 3.8) is 0 Å². The van der Waals surface area contributed by atoms with E-state index in [2.05, 4.69) is 5.32 Å². The number of methoxy groups -OCH3 is 1. The molecule has 0 aromatic heterocycles. The molecule has 6 heteroatoms. The van der Waals surface area contributed by atoms with Gasteiger partial charge in [0.25, 0.3) is 0 Å². The summed E-state index contributed by atoms with van der Waals surface area (Å²) in [7, 11) is 2.84. The fourth-order valence-electron chi connectivity index (χ4n) is 2.12. The minimum atomic E-state index is -0.647. The molecule has 2 rings (SSSR count). The Morgan fingerprint density at radius 2 is 1.95 bits per heavy atom. The minimum absolute atomic E-state index is 0.329. The lowest BCUT2D eigenvalue weighted by Crippen LogP contribution is -2.46. The quantitative estimate of drug-likeness (QED) is 0.841. The Morgan fingerprint density at radius 3 is 2.50 bits per heavy atom. The molecule has 0 bridgehead atoms. The normalized spacial score (nSPS) is 18.9. The standard InChI is InChI=1S/C14H15FN2O3/c1-8-11(13(18)20-3)12(16-14(19)17(8)2)9-4-6-10(15)7-5-9/h4-7,12H,1-3H3,(H,16,19)/t12-/m0/s1. The van der Waals surface area contributed by atoms with Gasteiger partial charge < -0.3 is 15.0 Å². The first-order valence-corrected chi connectivity index (χ1v) is 6.04. The molecule has 1 aliphatic heterocycles. The van der Waals surface area contributed by atoms with Crippen molar-refractivity contribution in [1.29, 1.82) is 0 Å². The van der Waals surface area contributed by atoms with Gasteiger partial charge in [0.1, 0.15) is 5.82 Å². The summed E-state index contributed by atoms with van der Waals surface area (Å²) in [4.78, 5) is 25.2. The van der Waals surface area contributed by atoms with Crippen LogP contribution < -0.4 is 5.32 Å². The van der Waals surface area contributed by atoms with Crippen LogP contribution >= 0.6 is 0 Å². The molecule has 0 radical (unpaired) electrons. The molecular weight excluding hydrogens is 263 g/mol. The van der Waals surface area contributed by atoms with Crippen molar-refractivity contribution in [3.05, 3.63) is 46.9 Å². The van der Waals surface area contributed by atoms with E-state index in [4.69, 9.17) is 4.74 Å². The van der Waals surface area contributed by atoms with Crippen molar-refractivity contribution in [2.45, 2.75) is 13.0 Å². The summed E-state index contributed by atoms with van der Waals surface area (Å²) in [5.74, 6) is -0.906. The van der Waals surface area contributed by atoms with E-state index >= 15 is 0 Å². The van der Waals surface area contributed by atoms with Gasteiger partial charge in [0.05, 0.1) is 18.7 Å². The highest BCUT2D eigenvalue weighted by atomic mass is 19.1. The molecule has 1 atom stereocenters. The Balaban J connectivity index is 2.51. The summed E-state index contributed by atoms with van der Waals surface area (Å²) in [6, 6.07) is 4.65. The zero-order valence-electron chi connectivity index (χ0n) is 11.4. The highest BCUT2D eigenvalue weighted by Gasteiger charge is 2.34. The van der Waals surface area contributed by atoms with Crippen LogP contribution in [0.3, 0.4) is 0 Å². The fourth-order valence-corrected chi connectivity index (χ4v) is 2.12. The van der Waals surface area contributed by atoms with Gasteiger partial charge in [-0.25, -0.2) is 14.0 Å². The molecule has 0 aliphatic carbocycles. The molecule has 1 aromatic carbocycles. The lowest BCUT2D eigenvalue weighted by Gasteiger charge is -2.33. The molecule has 106 valence electrons. The third-order valence-electron chi connectivity index (χ3n) is 3.36. The summed E-state index contributed by atoms with van der Waals surface area (Å²) in [5, 5.41) is 2.70. The zero-order valence-corrected chi connectivity index (χ0v) is 11.4. The van der Waals surface area contributed by atoms with Crippen LogP contribution in [0, 0.1) is 5.82 Å². The molecule has 0 spiro atoms. The number of nitrogens with one attached hydrogen (secondary N) is 1. The van der Waals surface area contributed by atoms with Crippen molar-refractivity contribution in [2.24, 2.45) is 0 Å². The van der Waals surface area contributed by atoms with Gasteiger partial charge in [-0.1, -0.05) is 12.1 Å². The summed E-state index contributed by atoms with van der Waals surface area (Å²) in [5.41, 5.74) is 1.46. The molecule has 0 unspecified atom stereocenters. The smallest absolute Gasteiger partial charge is 0.337 e. The predicted octanol–water partition coefficient (Wildman–Crippen LogP) is 1.97. The first-order chi connectivity index (χ1) is 9.45. The molecule has 5 nitrogen and oxygen atoms in total. The van der Waals surface area contributed by atoms with Crippen molar-refractivity contribution in [2.75, 3.05) is 14.2 Å². The van der Waals surface area contributed by atoms with E-state index in [1.807, 2.05) is 0 Å². The van der Waals surface area contributed by atoms with Crippen LogP contribution in [0.5, 0.6) is 0 Å². The number of ether oxygens (including phenoxy) is 1. The second kappa shape index (κ2) is 5.32. The predicted molar refractivity (Wildman–Crippen MR) is 70.2 cm³/mol. The Bertz CT molecular complexity index is 581. The monoisotopic (exact) mass is 278 g/mol. The minimum Gasteiger partial charge on any atom is -0.466 e. The molecule has 1 N–H and O–H groups in total. The highest BCUT2D eigenvalue weighted by Crippen LogP contribution is 2.30. The fraction of sp³-hybridized carbons (Fsp3) is 0.286. The number of urea groups is 1. The van der Waals surface area contributed by atoms with E-state index in [-0.39, 0.29) is 11.8 Å². The number of hydrogen-bond donors (Lipinski definition) is 1. The van der Waals surface area contributed by atoms with Crippen LogP contribution in [0.15, 0.2) is 35.5 Å². The number of esters is 1. The van der Waals surface area contributed by atoms with Gasteiger partial charge in [-0.3, -0.25) is 0 Å². The first kappa shape index (κ1) is 14.0.